The molecule has 102 valence electrons. The molecule has 0 bridgehead atoms. The molecule has 2 nitrogen and oxygen atoms in total. The average Bonchev–Trinajstić information content (AvgIpc) is 2.54. The number of hydrogen-bond donors (Lipinski definition) is 1. The summed E-state index contributed by atoms with van der Waals surface area (Å²) in [6.45, 7) is 10.8. The van der Waals surface area contributed by atoms with E-state index in [2.05, 4.69) is 42.1 Å². The predicted molar refractivity (Wildman–Crippen MR) is 79.9 cm³/mol. The second kappa shape index (κ2) is 9.23. The lowest BCUT2D eigenvalue weighted by molar-refractivity contribution is 0.243. The van der Waals surface area contributed by atoms with Crippen LogP contribution in [0.25, 0.3) is 0 Å². The molecule has 2 unspecified atom stereocenters. The van der Waals surface area contributed by atoms with E-state index in [0.717, 1.165) is 11.2 Å². The summed E-state index contributed by atoms with van der Waals surface area (Å²) in [5.74, 6) is 0.785. The first-order valence-corrected chi connectivity index (χ1v) is 8.51. The summed E-state index contributed by atoms with van der Waals surface area (Å²) in [4.78, 5) is 2.68. The summed E-state index contributed by atoms with van der Waals surface area (Å²) in [6, 6.07) is 0. The number of hydrogen-bond acceptors (Lipinski definition) is 3. The summed E-state index contributed by atoms with van der Waals surface area (Å²) >= 11 is 2.06. The van der Waals surface area contributed by atoms with Gasteiger partial charge in [-0.25, -0.2) is 0 Å². The van der Waals surface area contributed by atoms with Crippen molar-refractivity contribution in [3.8, 4) is 0 Å². The third-order valence-corrected chi connectivity index (χ3v) is 4.73. The first kappa shape index (κ1) is 15.3. The molecule has 0 spiro atoms. The molecule has 17 heavy (non-hydrogen) atoms. The van der Waals surface area contributed by atoms with Gasteiger partial charge in [-0.2, -0.15) is 11.8 Å². The van der Waals surface area contributed by atoms with Crippen LogP contribution in [0.3, 0.4) is 0 Å². The van der Waals surface area contributed by atoms with Crippen LogP contribution in [0.5, 0.6) is 0 Å². The van der Waals surface area contributed by atoms with Crippen LogP contribution < -0.4 is 5.32 Å². The Kier molecular flexibility index (Phi) is 8.33. The Hall–Kier alpha value is 0.270. The van der Waals surface area contributed by atoms with Crippen LogP contribution in [-0.2, 0) is 0 Å². The van der Waals surface area contributed by atoms with Gasteiger partial charge in [0.15, 0.2) is 0 Å². The van der Waals surface area contributed by atoms with Gasteiger partial charge in [-0.05, 0) is 64.0 Å². The van der Waals surface area contributed by atoms with Crippen LogP contribution in [0, 0.1) is 5.92 Å². The molecular formula is C14H30N2S. The monoisotopic (exact) mass is 258 g/mol. The zero-order valence-corrected chi connectivity index (χ0v) is 12.7. The van der Waals surface area contributed by atoms with Crippen molar-refractivity contribution in [1.82, 2.24) is 10.2 Å². The van der Waals surface area contributed by atoms with Crippen molar-refractivity contribution in [3.63, 3.8) is 0 Å². The maximum atomic E-state index is 3.53. The van der Waals surface area contributed by atoms with Crippen molar-refractivity contribution in [3.05, 3.63) is 0 Å². The molecule has 2 atom stereocenters. The van der Waals surface area contributed by atoms with Crippen molar-refractivity contribution < 1.29 is 0 Å². The third kappa shape index (κ3) is 6.68. The summed E-state index contributed by atoms with van der Waals surface area (Å²) in [5, 5.41) is 4.44. The Labute approximate surface area is 112 Å². The van der Waals surface area contributed by atoms with E-state index in [0.29, 0.717) is 0 Å². The van der Waals surface area contributed by atoms with Crippen LogP contribution in [0.2, 0.25) is 0 Å². The molecule has 1 heterocycles. The first-order valence-electron chi connectivity index (χ1n) is 7.22. The van der Waals surface area contributed by atoms with Gasteiger partial charge in [0.05, 0.1) is 0 Å². The number of rotatable bonds is 7. The Morgan fingerprint density at radius 3 is 2.88 bits per heavy atom. The molecule has 0 aromatic heterocycles. The quantitative estimate of drug-likeness (QED) is 0.707. The molecule has 0 radical (unpaired) electrons. The van der Waals surface area contributed by atoms with Crippen molar-refractivity contribution in [1.29, 1.82) is 0 Å². The van der Waals surface area contributed by atoms with E-state index in [1.807, 2.05) is 0 Å². The van der Waals surface area contributed by atoms with Crippen molar-refractivity contribution >= 4 is 11.8 Å². The maximum absolute atomic E-state index is 3.53. The van der Waals surface area contributed by atoms with E-state index in [4.69, 9.17) is 0 Å². The average molecular weight is 258 g/mol. The van der Waals surface area contributed by atoms with Gasteiger partial charge in [0.2, 0.25) is 0 Å². The van der Waals surface area contributed by atoms with Gasteiger partial charge in [0.25, 0.3) is 0 Å². The van der Waals surface area contributed by atoms with Gasteiger partial charge in [-0.3, -0.25) is 0 Å². The normalized spacial score (nSPS) is 24.5. The molecule has 1 fully saturated rings. The minimum atomic E-state index is 0.785. The number of nitrogens with zero attached hydrogens (tertiary/aromatic N) is 1. The van der Waals surface area contributed by atoms with Crippen LogP contribution in [0.15, 0.2) is 0 Å². The van der Waals surface area contributed by atoms with E-state index in [1.54, 1.807) is 0 Å². The molecule has 1 rings (SSSR count). The predicted octanol–water partition coefficient (Wildman–Crippen LogP) is 2.84. The molecular weight excluding hydrogens is 228 g/mol. The highest BCUT2D eigenvalue weighted by Crippen LogP contribution is 2.21. The van der Waals surface area contributed by atoms with Crippen LogP contribution in [0.4, 0.5) is 0 Å². The maximum Gasteiger partial charge on any atom is 0.00569 e. The van der Waals surface area contributed by atoms with Crippen LogP contribution in [-0.4, -0.2) is 49.1 Å². The molecule has 0 saturated carbocycles. The lowest BCUT2D eigenvalue weighted by atomic mass is 10.1. The SMILES string of the molecule is CCCNCC(C)CN1CCCC(SC)CC1. The van der Waals surface area contributed by atoms with Gasteiger partial charge in [-0.15, -0.1) is 0 Å². The summed E-state index contributed by atoms with van der Waals surface area (Å²) in [7, 11) is 0. The topological polar surface area (TPSA) is 15.3 Å². The van der Waals surface area contributed by atoms with E-state index in [9.17, 15) is 0 Å². The number of nitrogens with one attached hydrogen (secondary N) is 1. The highest BCUT2D eigenvalue weighted by atomic mass is 32.2. The molecule has 0 aromatic carbocycles. The van der Waals surface area contributed by atoms with Gasteiger partial charge < -0.3 is 10.2 Å². The Morgan fingerprint density at radius 1 is 1.35 bits per heavy atom. The summed E-state index contributed by atoms with van der Waals surface area (Å²) < 4.78 is 0. The first-order chi connectivity index (χ1) is 8.26. The fourth-order valence-corrected chi connectivity index (χ4v) is 3.32. The zero-order valence-electron chi connectivity index (χ0n) is 11.9. The minimum Gasteiger partial charge on any atom is -0.316 e. The van der Waals surface area contributed by atoms with Gasteiger partial charge in [0, 0.05) is 11.8 Å². The zero-order chi connectivity index (χ0) is 12.5. The molecule has 0 aromatic rings. The highest BCUT2D eigenvalue weighted by Gasteiger charge is 2.17. The molecule has 3 heteroatoms. The van der Waals surface area contributed by atoms with Crippen molar-refractivity contribution in [2.45, 2.75) is 44.8 Å². The highest BCUT2D eigenvalue weighted by molar-refractivity contribution is 7.99. The van der Waals surface area contributed by atoms with E-state index in [-0.39, 0.29) is 0 Å². The summed E-state index contributed by atoms with van der Waals surface area (Å²) in [5.41, 5.74) is 0. The molecule has 0 aliphatic carbocycles. The second-order valence-electron chi connectivity index (χ2n) is 5.40. The molecule has 1 aliphatic rings. The number of thioether (sulfide) groups is 1. The van der Waals surface area contributed by atoms with E-state index < -0.39 is 0 Å². The third-order valence-electron chi connectivity index (χ3n) is 3.59. The van der Waals surface area contributed by atoms with Crippen LogP contribution in [0.1, 0.15) is 39.5 Å². The summed E-state index contributed by atoms with van der Waals surface area (Å²) in [6.07, 6.45) is 7.69. The number of likely N-dealkylation sites (tertiary alicyclic amines) is 1. The van der Waals surface area contributed by atoms with Crippen LogP contribution >= 0.6 is 11.8 Å². The lowest BCUT2D eigenvalue weighted by Gasteiger charge is -2.24. The van der Waals surface area contributed by atoms with Crippen molar-refractivity contribution in [2.75, 3.05) is 39.0 Å². The fourth-order valence-electron chi connectivity index (χ4n) is 2.57. The lowest BCUT2D eigenvalue weighted by Crippen LogP contribution is -2.34. The smallest absolute Gasteiger partial charge is 0.00569 e. The minimum absolute atomic E-state index is 0.785. The fraction of sp³-hybridized carbons (Fsp3) is 1.00. The van der Waals surface area contributed by atoms with E-state index >= 15 is 0 Å². The largest absolute Gasteiger partial charge is 0.316 e. The van der Waals surface area contributed by atoms with Gasteiger partial charge in [0.1, 0.15) is 0 Å². The molecule has 0 amide bonds. The second-order valence-corrected chi connectivity index (χ2v) is 6.54. The van der Waals surface area contributed by atoms with E-state index in [1.165, 1.54) is 58.4 Å². The van der Waals surface area contributed by atoms with Gasteiger partial charge in [-0.1, -0.05) is 13.8 Å². The molecule has 1 N–H and O–H groups in total. The Morgan fingerprint density at radius 2 is 2.18 bits per heavy atom. The van der Waals surface area contributed by atoms with Gasteiger partial charge >= 0.3 is 0 Å². The molecule has 1 aliphatic heterocycles. The Bertz CT molecular complexity index is 187. The Balaban J connectivity index is 2.17. The standard InChI is InChI=1S/C14H30N2S/c1-4-8-15-11-13(2)12-16-9-5-6-14(17-3)7-10-16/h13-15H,4-12H2,1-3H3. The van der Waals surface area contributed by atoms with Crippen molar-refractivity contribution in [2.24, 2.45) is 5.92 Å². The molecule has 1 saturated heterocycles.